The molecule has 1 rings (SSSR count). The summed E-state index contributed by atoms with van der Waals surface area (Å²) in [6.45, 7) is 5.06. The number of hydrogen-bond donors (Lipinski definition) is 1. The van der Waals surface area contributed by atoms with E-state index in [1.165, 1.54) is 0 Å². The summed E-state index contributed by atoms with van der Waals surface area (Å²) in [4.78, 5) is 0. The van der Waals surface area contributed by atoms with E-state index in [4.69, 9.17) is 10.5 Å². The van der Waals surface area contributed by atoms with E-state index < -0.39 is 0 Å². The highest BCUT2D eigenvalue weighted by Gasteiger charge is 2.05. The minimum absolute atomic E-state index is 0.243. The van der Waals surface area contributed by atoms with Crippen LogP contribution in [-0.2, 0) is 0 Å². The summed E-state index contributed by atoms with van der Waals surface area (Å²) in [5, 5.41) is 0. The molecule has 0 heterocycles. The Balaban J connectivity index is 2.25. The van der Waals surface area contributed by atoms with Gasteiger partial charge in [0.05, 0.1) is 6.61 Å². The molecule has 0 aliphatic carbocycles. The van der Waals surface area contributed by atoms with Crippen LogP contribution in [0.2, 0.25) is 0 Å². The third-order valence-corrected chi connectivity index (χ3v) is 2.82. The predicted octanol–water partition coefficient (Wildman–Crippen LogP) is 3.59. The largest absolute Gasteiger partial charge is 0.493 e. The Bertz CT molecular complexity index is 315. The normalized spacial score (nSPS) is 12.8. The van der Waals surface area contributed by atoms with Crippen LogP contribution in [0.3, 0.4) is 0 Å². The predicted molar refractivity (Wildman–Crippen MR) is 71.7 cm³/mol. The van der Waals surface area contributed by atoms with E-state index in [9.17, 15) is 0 Å². The average molecular weight is 286 g/mol. The van der Waals surface area contributed by atoms with E-state index >= 15 is 0 Å². The molecule has 0 aliphatic rings. The molecule has 16 heavy (non-hydrogen) atoms. The van der Waals surface area contributed by atoms with Crippen molar-refractivity contribution in [2.75, 3.05) is 6.61 Å². The van der Waals surface area contributed by atoms with Gasteiger partial charge in [0, 0.05) is 10.5 Å². The molecule has 0 spiro atoms. The first kappa shape index (κ1) is 13.5. The third kappa shape index (κ3) is 5.52. The lowest BCUT2D eigenvalue weighted by atomic mass is 10.0. The summed E-state index contributed by atoms with van der Waals surface area (Å²) in [7, 11) is 0. The SMILES string of the molecule is CC(C)CC(N)CCOc1cccc(Br)c1. The van der Waals surface area contributed by atoms with Crippen LogP contribution in [0, 0.1) is 5.92 Å². The molecule has 90 valence electrons. The molecular weight excluding hydrogens is 266 g/mol. The van der Waals surface area contributed by atoms with Crippen molar-refractivity contribution in [2.45, 2.75) is 32.7 Å². The molecule has 0 fully saturated rings. The molecule has 1 aromatic rings. The summed E-state index contributed by atoms with van der Waals surface area (Å²) < 4.78 is 6.67. The Morgan fingerprint density at radius 3 is 2.75 bits per heavy atom. The Hall–Kier alpha value is -0.540. The van der Waals surface area contributed by atoms with Gasteiger partial charge in [0.1, 0.15) is 5.75 Å². The van der Waals surface area contributed by atoms with Gasteiger partial charge in [-0.05, 0) is 37.0 Å². The Labute approximate surface area is 106 Å². The lowest BCUT2D eigenvalue weighted by Gasteiger charge is -2.14. The van der Waals surface area contributed by atoms with Gasteiger partial charge in [0.2, 0.25) is 0 Å². The number of ether oxygens (including phenoxy) is 1. The van der Waals surface area contributed by atoms with Gasteiger partial charge in [-0.25, -0.2) is 0 Å². The van der Waals surface area contributed by atoms with Crippen LogP contribution in [0.15, 0.2) is 28.7 Å². The van der Waals surface area contributed by atoms with Crippen LogP contribution < -0.4 is 10.5 Å². The van der Waals surface area contributed by atoms with Crippen LogP contribution >= 0.6 is 15.9 Å². The average Bonchev–Trinajstić information content (AvgIpc) is 2.16. The van der Waals surface area contributed by atoms with Crippen molar-refractivity contribution in [3.8, 4) is 5.75 Å². The standard InChI is InChI=1S/C13H20BrNO/c1-10(2)8-12(15)6-7-16-13-5-3-4-11(14)9-13/h3-5,9-10,12H,6-8,15H2,1-2H3. The molecule has 0 aromatic heterocycles. The monoisotopic (exact) mass is 285 g/mol. The fourth-order valence-electron chi connectivity index (χ4n) is 1.61. The van der Waals surface area contributed by atoms with E-state index in [1.807, 2.05) is 24.3 Å². The fraction of sp³-hybridized carbons (Fsp3) is 0.538. The van der Waals surface area contributed by atoms with Crippen molar-refractivity contribution < 1.29 is 4.74 Å². The topological polar surface area (TPSA) is 35.2 Å². The second-order valence-corrected chi connectivity index (χ2v) is 5.40. The van der Waals surface area contributed by atoms with Crippen molar-refractivity contribution in [3.05, 3.63) is 28.7 Å². The van der Waals surface area contributed by atoms with Gasteiger partial charge in [-0.15, -0.1) is 0 Å². The van der Waals surface area contributed by atoms with Crippen LogP contribution in [0.1, 0.15) is 26.7 Å². The van der Waals surface area contributed by atoms with Gasteiger partial charge >= 0.3 is 0 Å². The van der Waals surface area contributed by atoms with E-state index in [1.54, 1.807) is 0 Å². The highest BCUT2D eigenvalue weighted by atomic mass is 79.9. The van der Waals surface area contributed by atoms with Crippen LogP contribution in [0.5, 0.6) is 5.75 Å². The van der Waals surface area contributed by atoms with E-state index in [-0.39, 0.29) is 6.04 Å². The molecule has 1 aromatic carbocycles. The van der Waals surface area contributed by atoms with Gasteiger partial charge in [0.15, 0.2) is 0 Å². The maximum Gasteiger partial charge on any atom is 0.120 e. The maximum atomic E-state index is 5.98. The van der Waals surface area contributed by atoms with Crippen LogP contribution in [0.25, 0.3) is 0 Å². The molecule has 0 saturated carbocycles. The number of rotatable bonds is 6. The van der Waals surface area contributed by atoms with Gasteiger partial charge in [-0.2, -0.15) is 0 Å². The molecule has 1 atom stereocenters. The van der Waals surface area contributed by atoms with E-state index in [0.29, 0.717) is 12.5 Å². The molecule has 0 bridgehead atoms. The zero-order valence-corrected chi connectivity index (χ0v) is 11.5. The van der Waals surface area contributed by atoms with Crippen molar-refractivity contribution in [1.82, 2.24) is 0 Å². The molecular formula is C13H20BrNO. The summed E-state index contributed by atoms with van der Waals surface area (Å²) in [5.74, 6) is 1.55. The minimum Gasteiger partial charge on any atom is -0.493 e. The number of halogens is 1. The van der Waals surface area contributed by atoms with Crippen molar-refractivity contribution >= 4 is 15.9 Å². The molecule has 1 unspecified atom stereocenters. The molecule has 3 heteroatoms. The lowest BCUT2D eigenvalue weighted by Crippen LogP contribution is -2.24. The molecule has 0 saturated heterocycles. The number of nitrogens with two attached hydrogens (primary N) is 1. The molecule has 0 radical (unpaired) electrons. The highest BCUT2D eigenvalue weighted by molar-refractivity contribution is 9.10. The molecule has 0 amide bonds. The maximum absolute atomic E-state index is 5.98. The van der Waals surface area contributed by atoms with Crippen LogP contribution in [-0.4, -0.2) is 12.6 Å². The van der Waals surface area contributed by atoms with Gasteiger partial charge in [-0.3, -0.25) is 0 Å². The number of hydrogen-bond acceptors (Lipinski definition) is 2. The summed E-state index contributed by atoms with van der Waals surface area (Å²) in [6.07, 6.45) is 1.96. The van der Waals surface area contributed by atoms with Gasteiger partial charge in [0.25, 0.3) is 0 Å². The highest BCUT2D eigenvalue weighted by Crippen LogP contribution is 2.18. The Kier molecular flexibility index (Phi) is 5.85. The molecule has 2 N–H and O–H groups in total. The summed E-state index contributed by atoms with van der Waals surface area (Å²) in [5.41, 5.74) is 5.98. The number of benzene rings is 1. The smallest absolute Gasteiger partial charge is 0.120 e. The zero-order chi connectivity index (χ0) is 12.0. The van der Waals surface area contributed by atoms with Crippen molar-refractivity contribution in [3.63, 3.8) is 0 Å². The van der Waals surface area contributed by atoms with Gasteiger partial charge in [-0.1, -0.05) is 35.8 Å². The quantitative estimate of drug-likeness (QED) is 0.867. The second kappa shape index (κ2) is 6.92. The third-order valence-electron chi connectivity index (χ3n) is 2.33. The van der Waals surface area contributed by atoms with Crippen LogP contribution in [0.4, 0.5) is 0 Å². The summed E-state index contributed by atoms with van der Waals surface area (Å²) >= 11 is 3.41. The molecule has 0 aliphatic heterocycles. The minimum atomic E-state index is 0.243. The first-order valence-corrected chi connectivity index (χ1v) is 6.51. The van der Waals surface area contributed by atoms with Crippen molar-refractivity contribution in [2.24, 2.45) is 11.7 Å². The zero-order valence-electron chi connectivity index (χ0n) is 9.95. The molecule has 2 nitrogen and oxygen atoms in total. The van der Waals surface area contributed by atoms with E-state index in [2.05, 4.69) is 29.8 Å². The second-order valence-electron chi connectivity index (χ2n) is 4.48. The Morgan fingerprint density at radius 1 is 1.38 bits per heavy atom. The fourth-order valence-corrected chi connectivity index (χ4v) is 1.99. The van der Waals surface area contributed by atoms with Crippen molar-refractivity contribution in [1.29, 1.82) is 0 Å². The Morgan fingerprint density at radius 2 is 2.12 bits per heavy atom. The summed E-state index contributed by atoms with van der Waals surface area (Å²) in [6, 6.07) is 8.12. The first-order valence-electron chi connectivity index (χ1n) is 5.72. The van der Waals surface area contributed by atoms with Gasteiger partial charge < -0.3 is 10.5 Å². The van der Waals surface area contributed by atoms with E-state index in [0.717, 1.165) is 23.1 Å². The lowest BCUT2D eigenvalue weighted by molar-refractivity contribution is 0.288. The first-order chi connectivity index (χ1) is 7.58.